The van der Waals surface area contributed by atoms with Gasteiger partial charge in [0.05, 0.1) is 18.2 Å². The number of ether oxygens (including phenoxy) is 1. The second kappa shape index (κ2) is 7.77. The van der Waals surface area contributed by atoms with Crippen molar-refractivity contribution in [2.45, 2.75) is 57.7 Å². The molecule has 0 saturated heterocycles. The molecule has 3 saturated carbocycles. The zero-order valence-corrected chi connectivity index (χ0v) is 20.3. The Bertz CT molecular complexity index is 1150. The van der Waals surface area contributed by atoms with E-state index in [9.17, 15) is 19.8 Å². The SMILES string of the molecule is C[C@@H]1C[C@H]2[C@@H]3[C@@H](C(O)=S)[C@H](F)C4=CC(=O)C=C[C@]4(C)C3(F)[C@@H](O)C[C@]2(C)[C@@H]1OC(=O)c1ccno1. The van der Waals surface area contributed by atoms with Gasteiger partial charge in [0.1, 0.15) is 12.3 Å². The molecular formula is C25H27F2NO6S. The van der Waals surface area contributed by atoms with Gasteiger partial charge in [0.2, 0.25) is 5.76 Å². The van der Waals surface area contributed by atoms with Gasteiger partial charge >= 0.3 is 5.97 Å². The molecule has 35 heavy (non-hydrogen) atoms. The first-order valence-electron chi connectivity index (χ1n) is 11.7. The summed E-state index contributed by atoms with van der Waals surface area (Å²) in [6.07, 6.45) is 0.899. The molecule has 1 unspecified atom stereocenters. The highest BCUT2D eigenvalue weighted by molar-refractivity contribution is 7.80. The van der Waals surface area contributed by atoms with E-state index in [-0.39, 0.29) is 23.7 Å². The monoisotopic (exact) mass is 507 g/mol. The average molecular weight is 508 g/mol. The molecular weight excluding hydrogens is 480 g/mol. The van der Waals surface area contributed by atoms with Crippen molar-refractivity contribution in [3.63, 3.8) is 0 Å². The van der Waals surface area contributed by atoms with Crippen LogP contribution in [0.5, 0.6) is 0 Å². The fourth-order valence-corrected chi connectivity index (χ4v) is 7.84. The first-order chi connectivity index (χ1) is 16.4. The van der Waals surface area contributed by atoms with Crippen molar-refractivity contribution in [3.8, 4) is 0 Å². The van der Waals surface area contributed by atoms with Gasteiger partial charge in [-0.1, -0.05) is 25.1 Å². The van der Waals surface area contributed by atoms with Crippen molar-refractivity contribution >= 4 is 29.0 Å². The number of fused-ring (bicyclic) bond motifs is 5. The van der Waals surface area contributed by atoms with Crippen LogP contribution in [0, 0.1) is 34.5 Å². The summed E-state index contributed by atoms with van der Waals surface area (Å²) in [6, 6.07) is 1.37. The van der Waals surface area contributed by atoms with E-state index in [1.807, 2.05) is 6.92 Å². The average Bonchev–Trinajstić information content (AvgIpc) is 3.40. The van der Waals surface area contributed by atoms with E-state index in [0.29, 0.717) is 6.42 Å². The fraction of sp³-hybridized carbons (Fsp3) is 0.600. The molecule has 0 radical (unpaired) electrons. The number of carbonyl (C=O) groups excluding carboxylic acids is 2. The fourth-order valence-electron chi connectivity index (χ4n) is 7.57. The number of halogens is 2. The number of ketones is 1. The van der Waals surface area contributed by atoms with Crippen molar-refractivity contribution in [2.75, 3.05) is 0 Å². The zero-order chi connectivity index (χ0) is 25.5. The second-order valence-electron chi connectivity index (χ2n) is 10.8. The molecule has 7 nitrogen and oxygen atoms in total. The molecule has 4 aliphatic carbocycles. The van der Waals surface area contributed by atoms with Gasteiger partial charge in [-0.2, -0.15) is 0 Å². The number of rotatable bonds is 3. The number of allylic oxidation sites excluding steroid dienone is 4. The van der Waals surface area contributed by atoms with Crippen LogP contribution in [0.1, 0.15) is 44.2 Å². The summed E-state index contributed by atoms with van der Waals surface area (Å²) >= 11 is 5.02. The number of carbonyl (C=O) groups is 2. The first-order valence-corrected chi connectivity index (χ1v) is 12.1. The lowest BCUT2D eigenvalue weighted by molar-refractivity contribution is -0.217. The number of nitrogens with zero attached hydrogens (tertiary/aromatic N) is 1. The molecule has 0 aromatic carbocycles. The number of alkyl halides is 2. The Morgan fingerprint density at radius 2 is 2.09 bits per heavy atom. The molecule has 10 atom stereocenters. The molecule has 1 aromatic heterocycles. The first kappa shape index (κ1) is 24.2. The minimum Gasteiger partial charge on any atom is -0.502 e. The van der Waals surface area contributed by atoms with Crippen LogP contribution in [0.25, 0.3) is 0 Å². The van der Waals surface area contributed by atoms with E-state index in [2.05, 4.69) is 5.16 Å². The standard InChI is InChI=1S/C25H27F2NO6S/c1-11-8-13-18-17(22(32)35)19(26)14-9-12(29)4-6-24(14,3)25(18,27)16(30)10-23(13,2)20(11)33-21(31)15-5-7-28-34-15/h4-7,9,11,13,16-20,30H,8,10H2,1-3H3,(H,32,35)/t11-,13+,16+,17-,18-,19-,20-,23+,24+,25?/m1/s1. The molecule has 2 N–H and O–H groups in total. The Balaban J connectivity index is 1.62. The predicted octanol–water partition coefficient (Wildman–Crippen LogP) is 3.88. The van der Waals surface area contributed by atoms with Gasteiger partial charge in [0.25, 0.3) is 0 Å². The zero-order valence-electron chi connectivity index (χ0n) is 19.5. The number of aliphatic hydroxyl groups is 2. The van der Waals surface area contributed by atoms with Gasteiger partial charge in [0, 0.05) is 22.8 Å². The largest absolute Gasteiger partial charge is 0.502 e. The minimum absolute atomic E-state index is 0.0735. The van der Waals surface area contributed by atoms with Crippen molar-refractivity contribution in [3.05, 3.63) is 41.8 Å². The van der Waals surface area contributed by atoms with E-state index in [1.54, 1.807) is 6.92 Å². The van der Waals surface area contributed by atoms with Crippen LogP contribution in [0.15, 0.2) is 40.6 Å². The summed E-state index contributed by atoms with van der Waals surface area (Å²) in [5.74, 6) is -4.84. The molecule has 0 amide bonds. The van der Waals surface area contributed by atoms with Gasteiger partial charge < -0.3 is 19.5 Å². The maximum atomic E-state index is 17.5. The maximum Gasteiger partial charge on any atom is 0.377 e. The summed E-state index contributed by atoms with van der Waals surface area (Å²) in [7, 11) is 0. The smallest absolute Gasteiger partial charge is 0.377 e. The summed E-state index contributed by atoms with van der Waals surface area (Å²) in [5, 5.41) is 24.7. The number of esters is 1. The highest BCUT2D eigenvalue weighted by Crippen LogP contribution is 2.70. The summed E-state index contributed by atoms with van der Waals surface area (Å²) in [5.41, 5.74) is -5.12. The summed E-state index contributed by atoms with van der Waals surface area (Å²) in [4.78, 5) is 24.8. The van der Waals surface area contributed by atoms with Crippen LogP contribution in [0.3, 0.4) is 0 Å². The Kier molecular flexibility index (Phi) is 5.38. The third-order valence-electron chi connectivity index (χ3n) is 9.11. The van der Waals surface area contributed by atoms with Gasteiger partial charge in [-0.3, -0.25) is 4.79 Å². The van der Waals surface area contributed by atoms with Crippen molar-refractivity contribution in [2.24, 2.45) is 34.5 Å². The molecule has 1 heterocycles. The number of aliphatic hydroxyl groups excluding tert-OH is 2. The molecule has 3 fully saturated rings. The Hall–Kier alpha value is -2.46. The van der Waals surface area contributed by atoms with E-state index < -0.39 is 69.4 Å². The highest BCUT2D eigenvalue weighted by atomic mass is 32.1. The van der Waals surface area contributed by atoms with E-state index in [0.717, 1.165) is 6.08 Å². The molecule has 10 heteroatoms. The van der Waals surface area contributed by atoms with Crippen molar-refractivity contribution in [1.82, 2.24) is 5.16 Å². The molecule has 0 aliphatic heterocycles. The number of hydrogen-bond acceptors (Lipinski definition) is 7. The van der Waals surface area contributed by atoms with Crippen LogP contribution in [0.4, 0.5) is 8.78 Å². The highest BCUT2D eigenvalue weighted by Gasteiger charge is 2.76. The van der Waals surface area contributed by atoms with E-state index in [1.165, 1.54) is 31.3 Å². The van der Waals surface area contributed by atoms with Crippen LogP contribution < -0.4 is 0 Å². The molecule has 5 rings (SSSR count). The lowest BCUT2D eigenvalue weighted by Gasteiger charge is -2.63. The summed E-state index contributed by atoms with van der Waals surface area (Å²) in [6.45, 7) is 5.12. The maximum absolute atomic E-state index is 17.5. The van der Waals surface area contributed by atoms with Crippen molar-refractivity contribution < 1.29 is 37.8 Å². The molecule has 4 aliphatic rings. The molecule has 0 bridgehead atoms. The lowest BCUT2D eigenvalue weighted by Crippen LogP contribution is -2.71. The van der Waals surface area contributed by atoms with E-state index >= 15 is 8.78 Å². The minimum atomic E-state index is -2.43. The number of thiocarbonyl (C=S) groups is 1. The van der Waals surface area contributed by atoms with E-state index in [4.69, 9.17) is 21.5 Å². The number of aromatic nitrogens is 1. The topological polar surface area (TPSA) is 110 Å². The molecule has 0 spiro atoms. The molecule has 188 valence electrons. The third-order valence-corrected chi connectivity index (χ3v) is 9.38. The quantitative estimate of drug-likeness (QED) is 0.469. The second-order valence-corrected chi connectivity index (χ2v) is 11.3. The van der Waals surface area contributed by atoms with Gasteiger partial charge in [-0.05, 0) is 61.5 Å². The van der Waals surface area contributed by atoms with Gasteiger partial charge in [-0.15, -0.1) is 0 Å². The van der Waals surface area contributed by atoms with Crippen LogP contribution in [-0.4, -0.2) is 56.2 Å². The number of hydrogen-bond donors (Lipinski definition) is 2. The van der Waals surface area contributed by atoms with Gasteiger partial charge in [-0.25, -0.2) is 13.6 Å². The third kappa shape index (κ3) is 3.08. The lowest BCUT2D eigenvalue weighted by atomic mass is 9.43. The Morgan fingerprint density at radius 1 is 1.37 bits per heavy atom. The summed E-state index contributed by atoms with van der Waals surface area (Å²) < 4.78 is 44.2. The Morgan fingerprint density at radius 3 is 2.71 bits per heavy atom. The van der Waals surface area contributed by atoms with Crippen molar-refractivity contribution in [1.29, 1.82) is 0 Å². The van der Waals surface area contributed by atoms with Crippen LogP contribution in [-0.2, 0) is 9.53 Å². The Labute approximate surface area is 206 Å². The molecule has 1 aromatic rings. The normalized spacial score (nSPS) is 46.3. The predicted molar refractivity (Wildman–Crippen MR) is 123 cm³/mol. The van der Waals surface area contributed by atoms with Crippen LogP contribution >= 0.6 is 12.2 Å². The van der Waals surface area contributed by atoms with Gasteiger partial charge in [0.15, 0.2) is 16.5 Å². The van der Waals surface area contributed by atoms with Crippen LogP contribution in [0.2, 0.25) is 0 Å².